The zero-order valence-electron chi connectivity index (χ0n) is 8.85. The highest BCUT2D eigenvalue weighted by Crippen LogP contribution is 2.18. The van der Waals surface area contributed by atoms with Gasteiger partial charge in [-0.3, -0.25) is 0 Å². The summed E-state index contributed by atoms with van der Waals surface area (Å²) in [5.74, 6) is 0.134. The van der Waals surface area contributed by atoms with Crippen LogP contribution in [0.25, 0.3) is 0 Å². The molecule has 0 saturated heterocycles. The van der Waals surface area contributed by atoms with Crippen molar-refractivity contribution in [2.24, 2.45) is 0 Å². The SMILES string of the molecule is O=S(=O)(CCNC1CC1)NCc1nccs1. The van der Waals surface area contributed by atoms with Crippen LogP contribution in [0.2, 0.25) is 0 Å². The summed E-state index contributed by atoms with van der Waals surface area (Å²) in [5, 5.41) is 5.80. The zero-order chi connectivity index (χ0) is 11.4. The molecule has 0 bridgehead atoms. The minimum atomic E-state index is -3.17. The number of thiazole rings is 1. The van der Waals surface area contributed by atoms with Crippen LogP contribution >= 0.6 is 11.3 Å². The molecule has 0 aromatic carbocycles. The number of sulfonamides is 1. The lowest BCUT2D eigenvalue weighted by Crippen LogP contribution is -2.32. The van der Waals surface area contributed by atoms with Crippen molar-refractivity contribution in [3.63, 3.8) is 0 Å². The van der Waals surface area contributed by atoms with Crippen molar-refractivity contribution >= 4 is 21.4 Å². The smallest absolute Gasteiger partial charge is 0.213 e. The van der Waals surface area contributed by atoms with E-state index < -0.39 is 10.0 Å². The van der Waals surface area contributed by atoms with E-state index in [2.05, 4.69) is 15.0 Å². The second-order valence-corrected chi connectivity index (χ2v) is 6.70. The fourth-order valence-electron chi connectivity index (χ4n) is 1.27. The molecule has 0 atom stereocenters. The fourth-order valence-corrected chi connectivity index (χ4v) is 2.80. The lowest BCUT2D eigenvalue weighted by Gasteiger charge is -2.05. The molecule has 1 aliphatic carbocycles. The Hall–Kier alpha value is -0.500. The predicted molar refractivity (Wildman–Crippen MR) is 63.8 cm³/mol. The summed E-state index contributed by atoms with van der Waals surface area (Å²) in [6.07, 6.45) is 4.02. The van der Waals surface area contributed by atoms with Gasteiger partial charge in [-0.05, 0) is 12.8 Å². The molecular weight excluding hydrogens is 246 g/mol. The minimum Gasteiger partial charge on any atom is -0.313 e. The summed E-state index contributed by atoms with van der Waals surface area (Å²) in [6.45, 7) is 0.821. The monoisotopic (exact) mass is 261 g/mol. The molecule has 0 amide bonds. The molecule has 0 radical (unpaired) electrons. The van der Waals surface area contributed by atoms with Crippen LogP contribution in [-0.4, -0.2) is 31.7 Å². The first-order chi connectivity index (χ1) is 7.66. The van der Waals surface area contributed by atoms with Gasteiger partial charge in [-0.25, -0.2) is 18.1 Å². The molecule has 7 heteroatoms. The van der Waals surface area contributed by atoms with Crippen LogP contribution in [0, 0.1) is 0 Å². The molecule has 1 saturated carbocycles. The molecule has 0 spiro atoms. The molecular formula is C9H15N3O2S2. The van der Waals surface area contributed by atoms with E-state index in [1.807, 2.05) is 5.38 Å². The molecule has 0 unspecified atom stereocenters. The highest BCUT2D eigenvalue weighted by atomic mass is 32.2. The summed E-state index contributed by atoms with van der Waals surface area (Å²) < 4.78 is 25.6. The second-order valence-electron chi connectivity index (χ2n) is 3.79. The third-order valence-corrected chi connectivity index (χ3v) is 4.41. The number of hydrogen-bond donors (Lipinski definition) is 2. The van der Waals surface area contributed by atoms with Gasteiger partial charge in [0.05, 0.1) is 12.3 Å². The van der Waals surface area contributed by atoms with Crippen molar-refractivity contribution in [3.05, 3.63) is 16.6 Å². The maximum absolute atomic E-state index is 11.6. The van der Waals surface area contributed by atoms with Gasteiger partial charge in [0.1, 0.15) is 5.01 Å². The van der Waals surface area contributed by atoms with Crippen molar-refractivity contribution in [3.8, 4) is 0 Å². The number of hydrogen-bond acceptors (Lipinski definition) is 5. The van der Waals surface area contributed by atoms with Crippen LogP contribution < -0.4 is 10.0 Å². The number of aromatic nitrogens is 1. The third-order valence-electron chi connectivity index (χ3n) is 2.31. The second kappa shape index (κ2) is 5.22. The summed E-state index contributed by atoms with van der Waals surface area (Å²) in [4.78, 5) is 4.01. The molecule has 2 N–H and O–H groups in total. The Labute approximate surface area is 99.3 Å². The van der Waals surface area contributed by atoms with Gasteiger partial charge in [0.15, 0.2) is 0 Å². The highest BCUT2D eigenvalue weighted by molar-refractivity contribution is 7.89. The van der Waals surface area contributed by atoms with Gasteiger partial charge < -0.3 is 5.32 Å². The van der Waals surface area contributed by atoms with Crippen LogP contribution in [0.5, 0.6) is 0 Å². The third kappa shape index (κ3) is 4.17. The molecule has 1 fully saturated rings. The molecule has 1 aromatic rings. The molecule has 0 aliphatic heterocycles. The van der Waals surface area contributed by atoms with Crippen molar-refractivity contribution in [1.29, 1.82) is 0 Å². The van der Waals surface area contributed by atoms with E-state index in [1.165, 1.54) is 24.2 Å². The standard InChI is InChI=1S/C9H15N3O2S2/c13-16(14,6-4-10-8-1-2-8)12-7-9-11-3-5-15-9/h3,5,8,10,12H,1-2,4,6-7H2. The normalized spacial score (nSPS) is 16.5. The largest absolute Gasteiger partial charge is 0.313 e. The van der Waals surface area contributed by atoms with E-state index in [9.17, 15) is 8.42 Å². The van der Waals surface area contributed by atoms with Crippen LogP contribution in [0.1, 0.15) is 17.8 Å². The van der Waals surface area contributed by atoms with Crippen LogP contribution in [0.15, 0.2) is 11.6 Å². The first kappa shape index (κ1) is 12.0. The van der Waals surface area contributed by atoms with E-state index in [0.29, 0.717) is 19.1 Å². The Morgan fingerprint density at radius 3 is 2.94 bits per heavy atom. The number of nitrogens with one attached hydrogen (secondary N) is 2. The average molecular weight is 261 g/mol. The highest BCUT2D eigenvalue weighted by Gasteiger charge is 2.21. The molecule has 5 nitrogen and oxygen atoms in total. The number of nitrogens with zero attached hydrogens (tertiary/aromatic N) is 1. The average Bonchev–Trinajstić information content (AvgIpc) is 2.91. The first-order valence-corrected chi connectivity index (χ1v) is 7.78. The Morgan fingerprint density at radius 1 is 1.50 bits per heavy atom. The van der Waals surface area contributed by atoms with Gasteiger partial charge in [0.25, 0.3) is 0 Å². The van der Waals surface area contributed by atoms with Crippen LogP contribution in [-0.2, 0) is 16.6 Å². The van der Waals surface area contributed by atoms with Gasteiger partial charge >= 0.3 is 0 Å². The van der Waals surface area contributed by atoms with Crippen molar-refractivity contribution in [2.45, 2.75) is 25.4 Å². The van der Waals surface area contributed by atoms with Gasteiger partial charge in [-0.15, -0.1) is 11.3 Å². The van der Waals surface area contributed by atoms with Crippen LogP contribution in [0.3, 0.4) is 0 Å². The predicted octanol–water partition coefficient (Wildman–Crippen LogP) is 0.315. The Kier molecular flexibility index (Phi) is 3.91. The van der Waals surface area contributed by atoms with Gasteiger partial charge in [0, 0.05) is 24.2 Å². The molecule has 1 heterocycles. The quantitative estimate of drug-likeness (QED) is 0.741. The Morgan fingerprint density at radius 2 is 2.31 bits per heavy atom. The Balaban J connectivity index is 1.69. The van der Waals surface area contributed by atoms with E-state index >= 15 is 0 Å². The zero-order valence-corrected chi connectivity index (χ0v) is 10.5. The number of rotatable bonds is 7. The van der Waals surface area contributed by atoms with Gasteiger partial charge in [0.2, 0.25) is 10.0 Å². The van der Waals surface area contributed by atoms with Crippen molar-refractivity contribution in [2.75, 3.05) is 12.3 Å². The minimum absolute atomic E-state index is 0.134. The lowest BCUT2D eigenvalue weighted by atomic mass is 10.6. The van der Waals surface area contributed by atoms with Gasteiger partial charge in [-0.1, -0.05) is 0 Å². The summed E-state index contributed by atoms with van der Waals surface area (Å²) in [7, 11) is -3.17. The van der Waals surface area contributed by atoms with Gasteiger partial charge in [-0.2, -0.15) is 0 Å². The van der Waals surface area contributed by atoms with E-state index in [-0.39, 0.29) is 5.75 Å². The maximum atomic E-state index is 11.6. The first-order valence-electron chi connectivity index (χ1n) is 5.25. The topological polar surface area (TPSA) is 71.1 Å². The maximum Gasteiger partial charge on any atom is 0.213 e. The summed E-state index contributed by atoms with van der Waals surface area (Å²) in [5.41, 5.74) is 0. The van der Waals surface area contributed by atoms with Crippen molar-refractivity contribution in [1.82, 2.24) is 15.0 Å². The molecule has 16 heavy (non-hydrogen) atoms. The van der Waals surface area contributed by atoms with Crippen LogP contribution in [0.4, 0.5) is 0 Å². The molecule has 90 valence electrons. The lowest BCUT2D eigenvalue weighted by molar-refractivity contribution is 0.576. The van der Waals surface area contributed by atoms with E-state index in [4.69, 9.17) is 0 Å². The molecule has 1 aliphatic rings. The van der Waals surface area contributed by atoms with E-state index in [1.54, 1.807) is 6.20 Å². The Bertz CT molecular complexity index is 412. The van der Waals surface area contributed by atoms with Crippen molar-refractivity contribution < 1.29 is 8.42 Å². The molecule has 2 rings (SSSR count). The fraction of sp³-hybridized carbons (Fsp3) is 0.667. The molecule has 1 aromatic heterocycles. The summed E-state index contributed by atoms with van der Waals surface area (Å²) >= 11 is 1.45. The summed E-state index contributed by atoms with van der Waals surface area (Å²) in [6, 6.07) is 0.550. The van der Waals surface area contributed by atoms with E-state index in [0.717, 1.165) is 5.01 Å².